The standard InChI is InChI=1S/C16H26N2O/c1-16(2)13-19-12-11-18(16)10-6-9-15(17)14-7-4-3-5-8-14/h3-5,7-8,15H,6,9-13,17H2,1-2H3. The normalized spacial score (nSPS) is 21.2. The average molecular weight is 262 g/mol. The van der Waals surface area contributed by atoms with Gasteiger partial charge in [-0.3, -0.25) is 4.90 Å². The van der Waals surface area contributed by atoms with Crippen molar-refractivity contribution in [3.05, 3.63) is 35.9 Å². The molecule has 0 aliphatic carbocycles. The molecule has 19 heavy (non-hydrogen) atoms. The minimum Gasteiger partial charge on any atom is -0.378 e. The van der Waals surface area contributed by atoms with Crippen LogP contribution in [0.5, 0.6) is 0 Å². The van der Waals surface area contributed by atoms with Gasteiger partial charge >= 0.3 is 0 Å². The third kappa shape index (κ3) is 4.03. The lowest BCUT2D eigenvalue weighted by atomic mass is 10.00. The molecular formula is C16H26N2O. The second-order valence-corrected chi connectivity index (χ2v) is 6.01. The Morgan fingerprint density at radius 2 is 2.05 bits per heavy atom. The molecule has 1 unspecified atom stereocenters. The molecule has 1 aliphatic heterocycles. The Kier molecular flexibility index (Phi) is 4.97. The first-order chi connectivity index (χ1) is 9.09. The summed E-state index contributed by atoms with van der Waals surface area (Å²) in [5, 5.41) is 0. The fraction of sp³-hybridized carbons (Fsp3) is 0.625. The number of hydrogen-bond acceptors (Lipinski definition) is 3. The molecule has 106 valence electrons. The lowest BCUT2D eigenvalue weighted by molar-refractivity contribution is -0.0514. The number of ether oxygens (including phenoxy) is 1. The summed E-state index contributed by atoms with van der Waals surface area (Å²) in [5.41, 5.74) is 7.64. The van der Waals surface area contributed by atoms with Crippen molar-refractivity contribution in [1.29, 1.82) is 0 Å². The second-order valence-electron chi connectivity index (χ2n) is 6.01. The Morgan fingerprint density at radius 3 is 2.74 bits per heavy atom. The van der Waals surface area contributed by atoms with Gasteiger partial charge in [-0.1, -0.05) is 30.3 Å². The van der Waals surface area contributed by atoms with Crippen LogP contribution in [0.25, 0.3) is 0 Å². The molecule has 0 aromatic heterocycles. The molecule has 3 heteroatoms. The van der Waals surface area contributed by atoms with E-state index in [1.165, 1.54) is 5.56 Å². The summed E-state index contributed by atoms with van der Waals surface area (Å²) >= 11 is 0. The lowest BCUT2D eigenvalue weighted by Crippen LogP contribution is -2.53. The van der Waals surface area contributed by atoms with Crippen LogP contribution in [0.2, 0.25) is 0 Å². The Balaban J connectivity index is 1.77. The number of rotatable bonds is 5. The molecule has 1 heterocycles. The fourth-order valence-corrected chi connectivity index (χ4v) is 2.67. The van der Waals surface area contributed by atoms with Crippen LogP contribution in [0, 0.1) is 0 Å². The number of nitrogens with zero attached hydrogens (tertiary/aromatic N) is 1. The summed E-state index contributed by atoms with van der Waals surface area (Å²) < 4.78 is 5.55. The Labute approximate surface area is 116 Å². The van der Waals surface area contributed by atoms with E-state index in [4.69, 9.17) is 10.5 Å². The van der Waals surface area contributed by atoms with Gasteiger partial charge in [-0.15, -0.1) is 0 Å². The molecule has 1 saturated heterocycles. The third-order valence-electron chi connectivity index (χ3n) is 3.99. The first-order valence-electron chi connectivity index (χ1n) is 7.23. The third-order valence-corrected chi connectivity index (χ3v) is 3.99. The van der Waals surface area contributed by atoms with Gasteiger partial charge in [-0.2, -0.15) is 0 Å². The van der Waals surface area contributed by atoms with Gasteiger partial charge in [0.05, 0.1) is 13.2 Å². The van der Waals surface area contributed by atoms with Crippen molar-refractivity contribution in [1.82, 2.24) is 4.90 Å². The predicted molar refractivity (Wildman–Crippen MR) is 79.1 cm³/mol. The summed E-state index contributed by atoms with van der Waals surface area (Å²) in [6.45, 7) is 8.34. The van der Waals surface area contributed by atoms with Crippen molar-refractivity contribution in [2.75, 3.05) is 26.3 Å². The van der Waals surface area contributed by atoms with Crippen LogP contribution in [0.15, 0.2) is 30.3 Å². The van der Waals surface area contributed by atoms with Gasteiger partial charge < -0.3 is 10.5 Å². The fourth-order valence-electron chi connectivity index (χ4n) is 2.67. The van der Waals surface area contributed by atoms with Crippen molar-refractivity contribution in [2.45, 2.75) is 38.3 Å². The maximum absolute atomic E-state index is 6.24. The minimum atomic E-state index is 0.158. The van der Waals surface area contributed by atoms with Crippen LogP contribution in [0.4, 0.5) is 0 Å². The number of hydrogen-bond donors (Lipinski definition) is 1. The molecule has 1 aliphatic rings. The first kappa shape index (κ1) is 14.5. The van der Waals surface area contributed by atoms with Crippen molar-refractivity contribution in [2.24, 2.45) is 5.73 Å². The van der Waals surface area contributed by atoms with Crippen molar-refractivity contribution < 1.29 is 4.74 Å². The Morgan fingerprint density at radius 1 is 1.32 bits per heavy atom. The topological polar surface area (TPSA) is 38.5 Å². The summed E-state index contributed by atoms with van der Waals surface area (Å²) in [6.07, 6.45) is 2.18. The molecular weight excluding hydrogens is 236 g/mol. The van der Waals surface area contributed by atoms with Crippen LogP contribution in [0.1, 0.15) is 38.3 Å². The molecule has 1 aromatic rings. The van der Waals surface area contributed by atoms with Crippen molar-refractivity contribution in [3.8, 4) is 0 Å². The van der Waals surface area contributed by atoms with Gasteiger partial charge in [0.15, 0.2) is 0 Å². The van der Waals surface area contributed by atoms with Crippen LogP contribution in [-0.2, 0) is 4.74 Å². The Hall–Kier alpha value is -0.900. The van der Waals surface area contributed by atoms with E-state index >= 15 is 0 Å². The molecule has 1 aromatic carbocycles. The van der Waals surface area contributed by atoms with Crippen molar-refractivity contribution in [3.63, 3.8) is 0 Å². The zero-order valence-corrected chi connectivity index (χ0v) is 12.1. The molecule has 2 N–H and O–H groups in total. The molecule has 1 atom stereocenters. The number of nitrogens with two attached hydrogens (primary N) is 1. The molecule has 3 nitrogen and oxygen atoms in total. The highest BCUT2D eigenvalue weighted by Crippen LogP contribution is 2.21. The summed E-state index contributed by atoms with van der Waals surface area (Å²) in [4.78, 5) is 2.52. The van der Waals surface area contributed by atoms with Gasteiger partial charge in [0.25, 0.3) is 0 Å². The maximum atomic E-state index is 6.24. The minimum absolute atomic E-state index is 0.158. The van der Waals surface area contributed by atoms with Crippen LogP contribution >= 0.6 is 0 Å². The highest BCUT2D eigenvalue weighted by atomic mass is 16.5. The van der Waals surface area contributed by atoms with Gasteiger partial charge in [-0.25, -0.2) is 0 Å². The summed E-state index contributed by atoms with van der Waals surface area (Å²) in [7, 11) is 0. The summed E-state index contributed by atoms with van der Waals surface area (Å²) in [5.74, 6) is 0. The zero-order valence-electron chi connectivity index (χ0n) is 12.1. The van der Waals surface area contributed by atoms with Crippen LogP contribution in [-0.4, -0.2) is 36.7 Å². The van der Waals surface area contributed by atoms with E-state index in [0.29, 0.717) is 0 Å². The highest BCUT2D eigenvalue weighted by Gasteiger charge is 2.29. The zero-order chi connectivity index (χ0) is 13.7. The maximum Gasteiger partial charge on any atom is 0.0645 e. The number of benzene rings is 1. The molecule has 1 fully saturated rings. The van der Waals surface area contributed by atoms with E-state index in [1.54, 1.807) is 0 Å². The van der Waals surface area contributed by atoms with E-state index in [0.717, 1.165) is 39.1 Å². The predicted octanol–water partition coefficient (Wildman–Crippen LogP) is 2.58. The monoisotopic (exact) mass is 262 g/mol. The van der Waals surface area contributed by atoms with Gasteiger partial charge in [0.1, 0.15) is 0 Å². The number of morpholine rings is 1. The highest BCUT2D eigenvalue weighted by molar-refractivity contribution is 5.18. The smallest absolute Gasteiger partial charge is 0.0645 e. The summed E-state index contributed by atoms with van der Waals surface area (Å²) in [6, 6.07) is 10.5. The average Bonchev–Trinajstić information content (AvgIpc) is 2.41. The van der Waals surface area contributed by atoms with Gasteiger partial charge in [-0.05, 0) is 38.8 Å². The molecule has 0 saturated carbocycles. The molecule has 2 rings (SSSR count). The molecule has 0 radical (unpaired) electrons. The van der Waals surface area contributed by atoms with E-state index in [1.807, 2.05) is 6.07 Å². The first-order valence-corrected chi connectivity index (χ1v) is 7.23. The molecule has 0 amide bonds. The van der Waals surface area contributed by atoms with Gasteiger partial charge in [0.2, 0.25) is 0 Å². The van der Waals surface area contributed by atoms with Crippen molar-refractivity contribution >= 4 is 0 Å². The van der Waals surface area contributed by atoms with E-state index in [9.17, 15) is 0 Å². The SMILES string of the molecule is CC1(C)COCCN1CCCC(N)c1ccccc1. The lowest BCUT2D eigenvalue weighted by Gasteiger charge is -2.42. The molecule has 0 bridgehead atoms. The largest absolute Gasteiger partial charge is 0.378 e. The Bertz CT molecular complexity index is 378. The second kappa shape index (κ2) is 6.51. The van der Waals surface area contributed by atoms with E-state index in [-0.39, 0.29) is 11.6 Å². The molecule has 0 spiro atoms. The van der Waals surface area contributed by atoms with E-state index in [2.05, 4.69) is 43.0 Å². The van der Waals surface area contributed by atoms with E-state index < -0.39 is 0 Å². The van der Waals surface area contributed by atoms with Crippen LogP contribution in [0.3, 0.4) is 0 Å². The quantitative estimate of drug-likeness (QED) is 0.886. The van der Waals surface area contributed by atoms with Gasteiger partial charge in [0, 0.05) is 18.1 Å². The van der Waals surface area contributed by atoms with Crippen LogP contribution < -0.4 is 5.73 Å².